The van der Waals surface area contributed by atoms with E-state index in [0.717, 1.165) is 0 Å². The number of benzene rings is 2. The van der Waals surface area contributed by atoms with E-state index in [1.54, 1.807) is 49.6 Å². The minimum Gasteiger partial charge on any atom is -0.497 e. The van der Waals surface area contributed by atoms with Crippen LogP contribution in [-0.4, -0.2) is 12.9 Å². The summed E-state index contributed by atoms with van der Waals surface area (Å²) >= 11 is 11.9. The monoisotopic (exact) mass is 331 g/mol. The maximum Gasteiger partial charge on any atom is 0.203 e. The van der Waals surface area contributed by atoms with E-state index in [2.05, 4.69) is 0 Å². The van der Waals surface area contributed by atoms with Crippen molar-refractivity contribution in [2.24, 2.45) is 0 Å². The Labute approximate surface area is 138 Å². The lowest BCUT2D eigenvalue weighted by molar-refractivity contribution is 0.104. The predicted octanol–water partition coefficient (Wildman–Crippen LogP) is 4.79. The number of Topliss-reactive ketones (excluding diaryl/α,β-unsaturated/α-hetero) is 1. The van der Waals surface area contributed by atoms with E-state index in [1.165, 1.54) is 6.08 Å². The highest BCUT2D eigenvalue weighted by atomic mass is 35.5. The summed E-state index contributed by atoms with van der Waals surface area (Å²) in [4.78, 5) is 12.4. The Bertz CT molecular complexity index is 774. The summed E-state index contributed by atoms with van der Waals surface area (Å²) in [6, 6.07) is 13.3. The summed E-state index contributed by atoms with van der Waals surface area (Å²) in [5.41, 5.74) is 0.956. The molecule has 2 rings (SSSR count). The fraction of sp³-hybridized carbons (Fsp3) is 0.0588. The second-order valence-electron chi connectivity index (χ2n) is 4.39. The van der Waals surface area contributed by atoms with Crippen LogP contribution >= 0.6 is 23.2 Å². The number of ether oxygens (including phenoxy) is 1. The fourth-order valence-electron chi connectivity index (χ4n) is 1.82. The maximum absolute atomic E-state index is 12.4. The number of methoxy groups -OCH3 is 1. The van der Waals surface area contributed by atoms with Crippen molar-refractivity contribution in [3.63, 3.8) is 0 Å². The minimum absolute atomic E-state index is 0.00520. The van der Waals surface area contributed by atoms with Gasteiger partial charge in [0, 0.05) is 15.6 Å². The largest absolute Gasteiger partial charge is 0.497 e. The van der Waals surface area contributed by atoms with E-state index in [-0.39, 0.29) is 11.4 Å². The zero-order valence-electron chi connectivity index (χ0n) is 11.6. The molecule has 0 saturated heterocycles. The molecular formula is C17H11Cl2NO2. The lowest BCUT2D eigenvalue weighted by Gasteiger charge is -2.03. The van der Waals surface area contributed by atoms with Crippen molar-refractivity contribution in [1.82, 2.24) is 0 Å². The minimum atomic E-state index is -0.379. The molecule has 0 atom stereocenters. The molecule has 0 aromatic heterocycles. The number of carbonyl (C=O) groups is 1. The van der Waals surface area contributed by atoms with E-state index in [9.17, 15) is 10.1 Å². The summed E-state index contributed by atoms with van der Waals surface area (Å²) in [5.74, 6) is 0.260. The lowest BCUT2D eigenvalue weighted by atomic mass is 10.0. The molecule has 0 aliphatic heterocycles. The number of halogens is 2. The van der Waals surface area contributed by atoms with Gasteiger partial charge >= 0.3 is 0 Å². The van der Waals surface area contributed by atoms with Gasteiger partial charge in [-0.1, -0.05) is 29.3 Å². The predicted molar refractivity (Wildman–Crippen MR) is 87.4 cm³/mol. The Morgan fingerprint density at radius 3 is 2.41 bits per heavy atom. The smallest absolute Gasteiger partial charge is 0.203 e. The van der Waals surface area contributed by atoms with E-state index in [1.807, 2.05) is 6.07 Å². The summed E-state index contributed by atoms with van der Waals surface area (Å²) in [5, 5.41) is 10.1. The average molecular weight is 332 g/mol. The van der Waals surface area contributed by atoms with E-state index < -0.39 is 0 Å². The fourth-order valence-corrected chi connectivity index (χ4v) is 2.28. The van der Waals surface area contributed by atoms with Crippen LogP contribution in [0.2, 0.25) is 10.0 Å². The van der Waals surface area contributed by atoms with Gasteiger partial charge in [0.05, 0.1) is 7.11 Å². The topological polar surface area (TPSA) is 50.1 Å². The number of nitriles is 1. The van der Waals surface area contributed by atoms with Gasteiger partial charge in [-0.3, -0.25) is 4.79 Å². The van der Waals surface area contributed by atoms with Crippen molar-refractivity contribution in [2.75, 3.05) is 7.11 Å². The third kappa shape index (κ3) is 3.67. The van der Waals surface area contributed by atoms with Gasteiger partial charge < -0.3 is 4.74 Å². The molecule has 2 aromatic rings. The molecular weight excluding hydrogens is 321 g/mol. The van der Waals surface area contributed by atoms with Crippen LogP contribution in [0, 0.1) is 11.3 Å². The number of rotatable bonds is 4. The molecule has 0 amide bonds. The third-order valence-corrected chi connectivity index (χ3v) is 3.54. The Kier molecular flexibility index (Phi) is 5.21. The summed E-state index contributed by atoms with van der Waals surface area (Å²) < 4.78 is 5.04. The molecule has 0 bridgehead atoms. The highest BCUT2D eigenvalue weighted by Crippen LogP contribution is 2.24. The van der Waals surface area contributed by atoms with Gasteiger partial charge in [0.15, 0.2) is 0 Å². The highest BCUT2D eigenvalue weighted by Gasteiger charge is 2.13. The van der Waals surface area contributed by atoms with E-state index >= 15 is 0 Å². The summed E-state index contributed by atoms with van der Waals surface area (Å²) in [7, 11) is 1.54. The molecule has 0 aliphatic carbocycles. The zero-order chi connectivity index (χ0) is 16.1. The summed E-state index contributed by atoms with van der Waals surface area (Å²) in [6.07, 6.45) is 1.45. The SMILES string of the molecule is COc1ccc(C(=O)C(C#N)=Cc2ccc(Cl)cc2Cl)cc1. The zero-order valence-corrected chi connectivity index (χ0v) is 13.2. The van der Waals surface area contributed by atoms with Crippen molar-refractivity contribution in [2.45, 2.75) is 0 Å². The van der Waals surface area contributed by atoms with Crippen LogP contribution in [0.4, 0.5) is 0 Å². The van der Waals surface area contributed by atoms with Crippen molar-refractivity contribution in [3.05, 3.63) is 69.2 Å². The molecule has 0 heterocycles. The molecule has 0 aliphatic rings. The first-order valence-corrected chi connectivity index (χ1v) is 7.06. The number of nitrogens with zero attached hydrogens (tertiary/aromatic N) is 1. The van der Waals surface area contributed by atoms with Gasteiger partial charge in [0.1, 0.15) is 17.4 Å². The molecule has 0 radical (unpaired) electrons. The number of ketones is 1. The van der Waals surface area contributed by atoms with Gasteiger partial charge in [-0.15, -0.1) is 0 Å². The second-order valence-corrected chi connectivity index (χ2v) is 5.24. The molecule has 0 spiro atoms. The average Bonchev–Trinajstić information content (AvgIpc) is 2.54. The first kappa shape index (κ1) is 16.1. The number of carbonyl (C=O) groups excluding carboxylic acids is 1. The van der Waals surface area contributed by atoms with Gasteiger partial charge in [0.25, 0.3) is 0 Å². The molecule has 22 heavy (non-hydrogen) atoms. The van der Waals surface area contributed by atoms with Crippen LogP contribution in [0.1, 0.15) is 15.9 Å². The molecule has 5 heteroatoms. The molecule has 0 N–H and O–H groups in total. The Morgan fingerprint density at radius 2 is 1.86 bits per heavy atom. The van der Waals surface area contributed by atoms with Crippen LogP contribution in [0.25, 0.3) is 6.08 Å². The Balaban J connectivity index is 2.36. The van der Waals surface area contributed by atoms with Gasteiger partial charge in [-0.2, -0.15) is 5.26 Å². The first-order valence-electron chi connectivity index (χ1n) is 6.30. The number of hydrogen-bond donors (Lipinski definition) is 0. The normalized spacial score (nSPS) is 10.9. The van der Waals surface area contributed by atoms with Gasteiger partial charge in [-0.25, -0.2) is 0 Å². The highest BCUT2D eigenvalue weighted by molar-refractivity contribution is 6.35. The molecule has 0 fully saturated rings. The van der Waals surface area contributed by atoms with Crippen LogP contribution in [-0.2, 0) is 0 Å². The maximum atomic E-state index is 12.4. The Hall–Kier alpha value is -2.28. The van der Waals surface area contributed by atoms with Crippen LogP contribution in [0.3, 0.4) is 0 Å². The standard InChI is InChI=1S/C17H11Cl2NO2/c1-22-15-6-3-11(4-7-15)17(21)13(10-20)8-12-2-5-14(18)9-16(12)19/h2-9H,1H3. The van der Waals surface area contributed by atoms with Crippen LogP contribution < -0.4 is 4.74 Å². The quantitative estimate of drug-likeness (QED) is 0.459. The molecule has 3 nitrogen and oxygen atoms in total. The number of allylic oxidation sites excluding steroid dienone is 1. The molecule has 110 valence electrons. The van der Waals surface area contributed by atoms with Gasteiger partial charge in [0.2, 0.25) is 5.78 Å². The van der Waals surface area contributed by atoms with E-state index in [4.69, 9.17) is 27.9 Å². The van der Waals surface area contributed by atoms with Crippen LogP contribution in [0.5, 0.6) is 5.75 Å². The molecule has 2 aromatic carbocycles. The van der Waals surface area contributed by atoms with Crippen LogP contribution in [0.15, 0.2) is 48.0 Å². The van der Waals surface area contributed by atoms with Crippen molar-refractivity contribution >= 4 is 35.1 Å². The lowest BCUT2D eigenvalue weighted by Crippen LogP contribution is -2.02. The van der Waals surface area contributed by atoms with Crippen molar-refractivity contribution < 1.29 is 9.53 Å². The Morgan fingerprint density at radius 1 is 1.18 bits per heavy atom. The molecule has 0 unspecified atom stereocenters. The summed E-state index contributed by atoms with van der Waals surface area (Å²) in [6.45, 7) is 0. The number of hydrogen-bond acceptors (Lipinski definition) is 3. The van der Waals surface area contributed by atoms with Gasteiger partial charge in [-0.05, 0) is 48.0 Å². The van der Waals surface area contributed by atoms with E-state index in [0.29, 0.717) is 26.9 Å². The third-order valence-electron chi connectivity index (χ3n) is 2.98. The second kappa shape index (κ2) is 7.13. The van der Waals surface area contributed by atoms with Crippen molar-refractivity contribution in [3.8, 4) is 11.8 Å². The van der Waals surface area contributed by atoms with Crippen molar-refractivity contribution in [1.29, 1.82) is 5.26 Å². The first-order chi connectivity index (χ1) is 10.5. The molecule has 0 saturated carbocycles.